The monoisotopic (exact) mass is 487 g/mol. The number of sulfonamides is 1. The number of hydrogen-bond acceptors (Lipinski definition) is 5. The molecule has 1 fully saturated rings. The van der Waals surface area contributed by atoms with Gasteiger partial charge in [-0.25, -0.2) is 17.5 Å². The van der Waals surface area contributed by atoms with E-state index in [9.17, 15) is 12.8 Å². The summed E-state index contributed by atoms with van der Waals surface area (Å²) in [6.07, 6.45) is 2.32. The van der Waals surface area contributed by atoms with Crippen molar-refractivity contribution >= 4 is 43.4 Å². The van der Waals surface area contributed by atoms with Crippen LogP contribution >= 0.6 is 11.6 Å². The van der Waals surface area contributed by atoms with Gasteiger partial charge < -0.3 is 9.42 Å². The second-order valence-electron chi connectivity index (χ2n) is 8.43. The molecule has 0 saturated carbocycles. The summed E-state index contributed by atoms with van der Waals surface area (Å²) in [7, 11) is -3.63. The van der Waals surface area contributed by atoms with E-state index >= 15 is 0 Å². The third kappa shape index (κ3) is 4.89. The van der Waals surface area contributed by atoms with E-state index in [1.165, 1.54) is 12.1 Å². The number of halogens is 2. The molecule has 5 rings (SSSR count). The lowest BCUT2D eigenvalue weighted by atomic mass is 10.1. The molecule has 0 spiro atoms. The second-order valence-corrected chi connectivity index (χ2v) is 10.6. The molecule has 33 heavy (non-hydrogen) atoms. The van der Waals surface area contributed by atoms with Crippen LogP contribution < -0.4 is 4.72 Å². The lowest BCUT2D eigenvalue weighted by molar-refractivity contribution is 0.326. The van der Waals surface area contributed by atoms with E-state index in [4.69, 9.17) is 16.1 Å². The summed E-state index contributed by atoms with van der Waals surface area (Å²) in [4.78, 5) is 2.49. The number of aryl methyl sites for hydroxylation is 1. The summed E-state index contributed by atoms with van der Waals surface area (Å²) >= 11 is 6.05. The summed E-state index contributed by atoms with van der Waals surface area (Å²) in [6, 6.07) is 14.8. The van der Waals surface area contributed by atoms with Crippen molar-refractivity contribution in [1.82, 2.24) is 14.8 Å². The van der Waals surface area contributed by atoms with Gasteiger partial charge in [0, 0.05) is 29.1 Å². The van der Waals surface area contributed by atoms with Gasteiger partial charge >= 0.3 is 0 Å². The summed E-state index contributed by atoms with van der Waals surface area (Å²) in [6.45, 7) is 2.30. The highest BCUT2D eigenvalue weighted by atomic mass is 35.5. The lowest BCUT2D eigenvalue weighted by Crippen LogP contribution is -2.37. The second kappa shape index (κ2) is 9.02. The van der Waals surface area contributed by atoms with Gasteiger partial charge in [-0.1, -0.05) is 28.9 Å². The molecule has 3 aromatic carbocycles. The molecule has 1 atom stereocenters. The Labute approximate surface area is 196 Å². The van der Waals surface area contributed by atoms with E-state index in [0.717, 1.165) is 47.8 Å². The fourth-order valence-corrected chi connectivity index (χ4v) is 5.87. The quantitative estimate of drug-likeness (QED) is 0.407. The first-order valence-electron chi connectivity index (χ1n) is 10.9. The third-order valence-corrected chi connectivity index (χ3v) is 7.83. The summed E-state index contributed by atoms with van der Waals surface area (Å²) in [5.74, 6) is -0.344. The molecule has 1 aromatic heterocycles. The van der Waals surface area contributed by atoms with Crippen LogP contribution in [0.1, 0.15) is 18.5 Å². The minimum Gasteiger partial charge on any atom is -0.356 e. The van der Waals surface area contributed by atoms with Crippen molar-refractivity contribution in [3.05, 3.63) is 71.1 Å². The van der Waals surface area contributed by atoms with E-state index in [1.807, 2.05) is 6.07 Å². The van der Waals surface area contributed by atoms with Crippen LogP contribution in [0.2, 0.25) is 5.02 Å². The van der Waals surface area contributed by atoms with E-state index in [-0.39, 0.29) is 16.8 Å². The average Bonchev–Trinajstić information content (AvgIpc) is 3.39. The van der Waals surface area contributed by atoms with Gasteiger partial charge in [-0.3, -0.25) is 0 Å². The molecule has 172 valence electrons. The number of fused-ring (bicyclic) bond motifs is 2. The van der Waals surface area contributed by atoms with Crippen LogP contribution in [-0.4, -0.2) is 44.2 Å². The van der Waals surface area contributed by atoms with E-state index in [0.29, 0.717) is 23.6 Å². The predicted octanol–water partition coefficient (Wildman–Crippen LogP) is 4.76. The highest BCUT2D eigenvalue weighted by Crippen LogP contribution is 2.24. The summed E-state index contributed by atoms with van der Waals surface area (Å²) in [5.41, 5.74) is 1.27. The van der Waals surface area contributed by atoms with Gasteiger partial charge in [0.2, 0.25) is 10.0 Å². The highest BCUT2D eigenvalue weighted by molar-refractivity contribution is 7.89. The Balaban J connectivity index is 1.17. The van der Waals surface area contributed by atoms with Gasteiger partial charge in [0.05, 0.1) is 10.6 Å². The Kier molecular flexibility index (Phi) is 6.09. The first-order chi connectivity index (χ1) is 15.9. The molecular formula is C24H23ClFN3O3S. The molecular weight excluding hydrogens is 465 g/mol. The van der Waals surface area contributed by atoms with Crippen molar-refractivity contribution in [1.29, 1.82) is 0 Å². The molecule has 1 aliphatic heterocycles. The zero-order chi connectivity index (χ0) is 23.0. The minimum atomic E-state index is -3.63. The molecule has 9 heteroatoms. The molecule has 0 aliphatic carbocycles. The molecule has 1 N–H and O–H groups in total. The van der Waals surface area contributed by atoms with Crippen molar-refractivity contribution in [3.63, 3.8) is 0 Å². The molecule has 1 saturated heterocycles. The Bertz CT molecular complexity index is 1420. The van der Waals surface area contributed by atoms with Crippen molar-refractivity contribution in [2.45, 2.75) is 30.2 Å². The van der Waals surface area contributed by atoms with Gasteiger partial charge in [-0.2, -0.15) is 0 Å². The van der Waals surface area contributed by atoms with Crippen LogP contribution in [0.5, 0.6) is 0 Å². The number of nitrogens with zero attached hydrogens (tertiary/aromatic N) is 2. The van der Waals surface area contributed by atoms with Gasteiger partial charge in [-0.15, -0.1) is 0 Å². The Hall–Kier alpha value is -2.52. The van der Waals surface area contributed by atoms with Gasteiger partial charge in [-0.05, 0) is 79.5 Å². The molecule has 0 bridgehead atoms. The maximum atomic E-state index is 13.3. The van der Waals surface area contributed by atoms with E-state index in [1.54, 1.807) is 36.4 Å². The Morgan fingerprint density at radius 2 is 1.97 bits per heavy atom. The zero-order valence-corrected chi connectivity index (χ0v) is 19.4. The maximum Gasteiger partial charge on any atom is 0.240 e. The maximum absolute atomic E-state index is 13.3. The number of rotatable bonds is 7. The highest BCUT2D eigenvalue weighted by Gasteiger charge is 2.27. The average molecular weight is 488 g/mol. The van der Waals surface area contributed by atoms with Crippen LogP contribution in [0, 0.1) is 5.82 Å². The van der Waals surface area contributed by atoms with E-state index < -0.39 is 10.0 Å². The van der Waals surface area contributed by atoms with Crippen molar-refractivity contribution in [3.8, 4) is 0 Å². The van der Waals surface area contributed by atoms with Crippen LogP contribution in [0.25, 0.3) is 21.7 Å². The number of nitrogens with one attached hydrogen (secondary N) is 1. The number of benzene rings is 3. The van der Waals surface area contributed by atoms with Gasteiger partial charge in [0.15, 0.2) is 5.58 Å². The standard InChI is InChI=1S/C24H23ClFN3O3S/c25-18-5-3-16-4-7-21(13-17(16)12-18)33(30,31)28-20-9-11-29(15-20)10-1-2-23-22-8-6-19(26)14-24(22)32-27-23/h3-8,12-14,20,28H,1-2,9-11,15H2/t20-/m1/s1. The molecule has 2 heterocycles. The molecule has 6 nitrogen and oxygen atoms in total. The minimum absolute atomic E-state index is 0.138. The van der Waals surface area contributed by atoms with Gasteiger partial charge in [0.1, 0.15) is 5.82 Å². The fraction of sp³-hybridized carbons (Fsp3) is 0.292. The van der Waals surface area contributed by atoms with Crippen molar-refractivity contribution in [2.24, 2.45) is 0 Å². The molecule has 0 amide bonds. The SMILES string of the molecule is O=S(=O)(N[C@@H]1CCN(CCCc2noc3cc(F)ccc23)C1)c1ccc2ccc(Cl)cc2c1. The fourth-order valence-electron chi connectivity index (χ4n) is 4.40. The summed E-state index contributed by atoms with van der Waals surface area (Å²) < 4.78 is 47.2. The van der Waals surface area contributed by atoms with Crippen molar-refractivity contribution < 1.29 is 17.3 Å². The smallest absolute Gasteiger partial charge is 0.240 e. The predicted molar refractivity (Wildman–Crippen MR) is 126 cm³/mol. The topological polar surface area (TPSA) is 75.4 Å². The molecule has 0 unspecified atom stereocenters. The van der Waals surface area contributed by atoms with Crippen molar-refractivity contribution in [2.75, 3.05) is 19.6 Å². The largest absolute Gasteiger partial charge is 0.356 e. The lowest BCUT2D eigenvalue weighted by Gasteiger charge is -2.16. The first-order valence-corrected chi connectivity index (χ1v) is 12.7. The van der Waals surface area contributed by atoms with Gasteiger partial charge in [0.25, 0.3) is 0 Å². The Morgan fingerprint density at radius 1 is 1.12 bits per heavy atom. The molecule has 1 aliphatic rings. The van der Waals surface area contributed by atoms with E-state index in [2.05, 4.69) is 14.8 Å². The number of hydrogen-bond donors (Lipinski definition) is 1. The normalized spacial score (nSPS) is 17.3. The first kappa shape index (κ1) is 22.3. The van der Waals surface area contributed by atoms with Crippen LogP contribution in [0.4, 0.5) is 4.39 Å². The van der Waals surface area contributed by atoms with Crippen LogP contribution in [0.15, 0.2) is 64.0 Å². The molecule has 0 radical (unpaired) electrons. The van der Waals surface area contributed by atoms with Crippen LogP contribution in [-0.2, 0) is 16.4 Å². The third-order valence-electron chi connectivity index (χ3n) is 6.07. The van der Waals surface area contributed by atoms with Crippen LogP contribution in [0.3, 0.4) is 0 Å². The zero-order valence-electron chi connectivity index (χ0n) is 17.8. The summed E-state index contributed by atoms with van der Waals surface area (Å²) in [5, 5.41) is 7.20. The Morgan fingerprint density at radius 3 is 2.85 bits per heavy atom. The number of likely N-dealkylation sites (tertiary alicyclic amines) is 1. The number of aromatic nitrogens is 1. The molecule has 4 aromatic rings.